The molecular formula is C4H9F4NO3S. The van der Waals surface area contributed by atoms with Crippen LogP contribution in [0.1, 0.15) is 0 Å². The molecule has 2 unspecified atom stereocenters. The fourth-order valence-electron chi connectivity index (χ4n) is 0.451. The molecule has 0 aromatic heterocycles. The van der Waals surface area contributed by atoms with Gasteiger partial charge in [-0.2, -0.15) is 8.42 Å². The summed E-state index contributed by atoms with van der Waals surface area (Å²) in [6.07, 6.45) is -9.69. The first-order valence-electron chi connectivity index (χ1n) is 2.75. The topological polar surface area (TPSA) is 89.4 Å². The number of hydrogen-bond acceptors (Lipinski definition) is 3. The minimum Gasteiger partial charge on any atom is -0.344 e. The smallest absolute Gasteiger partial charge is 0.272 e. The molecular weight excluding hydrogens is 218 g/mol. The molecule has 0 aliphatic rings. The van der Waals surface area contributed by atoms with Crippen LogP contribution in [0.15, 0.2) is 0 Å². The second-order valence-corrected chi connectivity index (χ2v) is 3.54. The van der Waals surface area contributed by atoms with E-state index < -0.39 is 34.6 Å². The lowest BCUT2D eigenvalue weighted by Gasteiger charge is -2.10. The third kappa shape index (κ3) is 6.72. The van der Waals surface area contributed by atoms with Gasteiger partial charge < -0.3 is 6.15 Å². The van der Waals surface area contributed by atoms with E-state index in [2.05, 4.69) is 0 Å². The van der Waals surface area contributed by atoms with Gasteiger partial charge in [0.15, 0.2) is 12.3 Å². The highest BCUT2D eigenvalue weighted by Crippen LogP contribution is 2.14. The largest absolute Gasteiger partial charge is 0.344 e. The third-order valence-electron chi connectivity index (χ3n) is 0.956. The van der Waals surface area contributed by atoms with E-state index in [0.29, 0.717) is 0 Å². The van der Waals surface area contributed by atoms with E-state index >= 15 is 0 Å². The van der Waals surface area contributed by atoms with E-state index in [1.807, 2.05) is 0 Å². The second-order valence-electron chi connectivity index (χ2n) is 2.04. The van der Waals surface area contributed by atoms with E-state index in [-0.39, 0.29) is 6.15 Å². The van der Waals surface area contributed by atoms with Crippen molar-refractivity contribution in [2.24, 2.45) is 0 Å². The fourth-order valence-corrected chi connectivity index (χ4v) is 1.04. The summed E-state index contributed by atoms with van der Waals surface area (Å²) >= 11 is 0. The van der Waals surface area contributed by atoms with Crippen LogP contribution in [-0.2, 0) is 10.1 Å². The van der Waals surface area contributed by atoms with Crippen molar-refractivity contribution in [3.8, 4) is 0 Å². The first kappa shape index (κ1) is 15.1. The Hall–Kier alpha value is -0.410. The molecule has 0 bridgehead atoms. The van der Waals surface area contributed by atoms with Gasteiger partial charge in [-0.15, -0.1) is 0 Å². The van der Waals surface area contributed by atoms with E-state index in [4.69, 9.17) is 4.55 Å². The predicted molar refractivity (Wildman–Crippen MR) is 37.2 cm³/mol. The molecule has 0 rings (SSSR count). The van der Waals surface area contributed by atoms with Crippen LogP contribution >= 0.6 is 0 Å². The normalized spacial score (nSPS) is 16.5. The number of rotatable bonds is 4. The van der Waals surface area contributed by atoms with Gasteiger partial charge >= 0.3 is 0 Å². The molecule has 0 aliphatic heterocycles. The molecule has 0 spiro atoms. The van der Waals surface area contributed by atoms with E-state index in [1.54, 1.807) is 0 Å². The molecule has 0 amide bonds. The standard InChI is InChI=1S/C4H6F4O3S.H3N/c5-2(1-12(9,10)11)3(6)4(7)8;/h2-4H,1H2,(H,9,10,11);1H3. The van der Waals surface area contributed by atoms with Gasteiger partial charge in [-0.25, -0.2) is 17.6 Å². The van der Waals surface area contributed by atoms with Gasteiger partial charge in [0.1, 0.15) is 5.75 Å². The summed E-state index contributed by atoms with van der Waals surface area (Å²) in [6, 6.07) is 0. The molecule has 0 heterocycles. The Bertz CT molecular complexity index is 232. The van der Waals surface area contributed by atoms with Crippen LogP contribution in [0.3, 0.4) is 0 Å². The monoisotopic (exact) mass is 227 g/mol. The van der Waals surface area contributed by atoms with Gasteiger partial charge in [-0.1, -0.05) is 0 Å². The zero-order chi connectivity index (χ0) is 9.94. The zero-order valence-electron chi connectivity index (χ0n) is 6.33. The molecule has 0 fully saturated rings. The van der Waals surface area contributed by atoms with Crippen molar-refractivity contribution in [1.82, 2.24) is 6.15 Å². The molecule has 0 radical (unpaired) electrons. The third-order valence-corrected chi connectivity index (χ3v) is 1.70. The SMILES string of the molecule is N.O=S(=O)(O)CC(F)C(F)C(F)F. The summed E-state index contributed by atoms with van der Waals surface area (Å²) in [5.41, 5.74) is 0. The number of alkyl halides is 4. The minimum absolute atomic E-state index is 0. The maximum absolute atomic E-state index is 12.1. The zero-order valence-corrected chi connectivity index (χ0v) is 7.15. The number of halogens is 4. The Kier molecular flexibility index (Phi) is 6.20. The second kappa shape index (κ2) is 5.35. The summed E-state index contributed by atoms with van der Waals surface area (Å²) in [5.74, 6) is -1.65. The summed E-state index contributed by atoms with van der Waals surface area (Å²) in [7, 11) is -4.75. The van der Waals surface area contributed by atoms with Crippen molar-refractivity contribution in [3.63, 3.8) is 0 Å². The van der Waals surface area contributed by atoms with Crippen LogP contribution in [0.25, 0.3) is 0 Å². The van der Waals surface area contributed by atoms with Crippen LogP contribution in [0.5, 0.6) is 0 Å². The first-order valence-corrected chi connectivity index (χ1v) is 4.36. The Labute approximate surface area is 72.3 Å². The molecule has 4 N–H and O–H groups in total. The summed E-state index contributed by atoms with van der Waals surface area (Å²) < 4.78 is 74.5. The summed E-state index contributed by atoms with van der Waals surface area (Å²) in [6.45, 7) is 0. The quantitative estimate of drug-likeness (QED) is 0.553. The summed E-state index contributed by atoms with van der Waals surface area (Å²) in [5, 5.41) is 0. The average Bonchev–Trinajstić information content (AvgIpc) is 1.82. The predicted octanol–water partition coefficient (Wildman–Crippen LogP) is 0.978. The molecule has 0 saturated carbocycles. The lowest BCUT2D eigenvalue weighted by atomic mass is 10.3. The van der Waals surface area contributed by atoms with Crippen LogP contribution in [0, 0.1) is 0 Å². The molecule has 2 atom stereocenters. The molecule has 4 nitrogen and oxygen atoms in total. The van der Waals surface area contributed by atoms with E-state index in [9.17, 15) is 26.0 Å². The average molecular weight is 227 g/mol. The van der Waals surface area contributed by atoms with Gasteiger partial charge in [-0.3, -0.25) is 4.55 Å². The molecule has 13 heavy (non-hydrogen) atoms. The van der Waals surface area contributed by atoms with Crippen molar-refractivity contribution in [2.75, 3.05) is 5.75 Å². The van der Waals surface area contributed by atoms with Crippen molar-refractivity contribution in [1.29, 1.82) is 0 Å². The van der Waals surface area contributed by atoms with Gasteiger partial charge in [-0.05, 0) is 0 Å². The van der Waals surface area contributed by atoms with Gasteiger partial charge in [0.25, 0.3) is 16.5 Å². The van der Waals surface area contributed by atoms with Crippen LogP contribution < -0.4 is 6.15 Å². The highest BCUT2D eigenvalue weighted by Gasteiger charge is 2.32. The van der Waals surface area contributed by atoms with Crippen LogP contribution in [0.4, 0.5) is 17.6 Å². The van der Waals surface area contributed by atoms with E-state index in [0.717, 1.165) is 0 Å². The van der Waals surface area contributed by atoms with Crippen molar-refractivity contribution >= 4 is 10.1 Å². The Morgan fingerprint density at radius 1 is 1.15 bits per heavy atom. The van der Waals surface area contributed by atoms with Crippen molar-refractivity contribution in [2.45, 2.75) is 18.8 Å². The van der Waals surface area contributed by atoms with Gasteiger partial charge in [0, 0.05) is 0 Å². The van der Waals surface area contributed by atoms with Gasteiger partial charge in [0.2, 0.25) is 0 Å². The number of hydrogen-bond donors (Lipinski definition) is 2. The van der Waals surface area contributed by atoms with Crippen LogP contribution in [-0.4, -0.2) is 37.5 Å². The highest BCUT2D eigenvalue weighted by molar-refractivity contribution is 7.85. The summed E-state index contributed by atoms with van der Waals surface area (Å²) in [4.78, 5) is 0. The van der Waals surface area contributed by atoms with Crippen molar-refractivity contribution in [3.05, 3.63) is 0 Å². The molecule has 0 saturated heterocycles. The lowest BCUT2D eigenvalue weighted by Crippen LogP contribution is -2.31. The van der Waals surface area contributed by atoms with Gasteiger partial charge in [0.05, 0.1) is 0 Å². The van der Waals surface area contributed by atoms with E-state index in [1.165, 1.54) is 0 Å². The maximum Gasteiger partial charge on any atom is 0.272 e. The first-order chi connectivity index (χ1) is 5.24. The molecule has 0 aromatic rings. The fraction of sp³-hybridized carbons (Fsp3) is 1.00. The Morgan fingerprint density at radius 2 is 1.54 bits per heavy atom. The molecule has 0 aliphatic carbocycles. The molecule has 9 heteroatoms. The highest BCUT2D eigenvalue weighted by atomic mass is 32.2. The van der Waals surface area contributed by atoms with Crippen LogP contribution in [0.2, 0.25) is 0 Å². The Balaban J connectivity index is 0. The Morgan fingerprint density at radius 3 is 1.77 bits per heavy atom. The molecule has 0 aromatic carbocycles. The maximum atomic E-state index is 12.1. The molecule has 82 valence electrons. The minimum atomic E-state index is -4.75. The van der Waals surface area contributed by atoms with Crippen molar-refractivity contribution < 1.29 is 30.5 Å². The lowest BCUT2D eigenvalue weighted by molar-refractivity contribution is 0.00987.